The van der Waals surface area contributed by atoms with Gasteiger partial charge in [-0.2, -0.15) is 5.10 Å². The fourth-order valence-corrected chi connectivity index (χ4v) is 3.86. The average Bonchev–Trinajstić information content (AvgIpc) is 3.40. The second-order valence-electron chi connectivity index (χ2n) is 6.90. The Labute approximate surface area is 137 Å². The number of nitrogens with zero attached hydrogens (tertiary/aromatic N) is 2. The van der Waals surface area contributed by atoms with E-state index in [1.165, 1.54) is 18.5 Å². The molecule has 5 nitrogen and oxygen atoms in total. The molecule has 0 aromatic carbocycles. The number of hydrogen-bond acceptors (Lipinski definition) is 3. The average molecular weight is 325 g/mol. The molecule has 4 rings (SSSR count). The van der Waals surface area contributed by atoms with E-state index in [4.69, 9.17) is 0 Å². The first kappa shape index (κ1) is 15.8. The highest BCUT2D eigenvalue weighted by atomic mass is 35.5. The van der Waals surface area contributed by atoms with Crippen molar-refractivity contribution < 1.29 is 4.79 Å². The summed E-state index contributed by atoms with van der Waals surface area (Å²) in [5.41, 5.74) is 1.59. The number of aryl methyl sites for hydroxylation is 1. The summed E-state index contributed by atoms with van der Waals surface area (Å²) in [6.07, 6.45) is 5.86. The zero-order chi connectivity index (χ0) is 14.4. The zero-order valence-electron chi connectivity index (χ0n) is 13.1. The lowest BCUT2D eigenvalue weighted by molar-refractivity contribution is -0.118. The lowest BCUT2D eigenvalue weighted by Gasteiger charge is -2.23. The van der Waals surface area contributed by atoms with Crippen molar-refractivity contribution in [3.05, 3.63) is 11.8 Å². The van der Waals surface area contributed by atoms with E-state index in [1.54, 1.807) is 0 Å². The van der Waals surface area contributed by atoms with Crippen LogP contribution in [-0.2, 0) is 11.3 Å². The predicted molar refractivity (Wildman–Crippen MR) is 88.4 cm³/mol. The summed E-state index contributed by atoms with van der Waals surface area (Å²) >= 11 is 0. The molecule has 122 valence electrons. The highest BCUT2D eigenvalue weighted by molar-refractivity contribution is 5.94. The number of amides is 1. The Balaban J connectivity index is 0.00000144. The van der Waals surface area contributed by atoms with Crippen LogP contribution in [0.4, 0.5) is 5.82 Å². The van der Waals surface area contributed by atoms with Crippen LogP contribution in [0.15, 0.2) is 6.07 Å². The number of carbonyl (C=O) groups excluding carboxylic acids is 1. The first-order valence-electron chi connectivity index (χ1n) is 8.31. The van der Waals surface area contributed by atoms with Gasteiger partial charge in [0.1, 0.15) is 0 Å². The Kier molecular flexibility index (Phi) is 4.21. The van der Waals surface area contributed by atoms with Crippen LogP contribution in [-0.4, -0.2) is 28.8 Å². The largest absolute Gasteiger partial charge is 0.317 e. The molecule has 2 aliphatic carbocycles. The Morgan fingerprint density at radius 1 is 1.45 bits per heavy atom. The molecule has 1 amide bonds. The number of nitrogens with one attached hydrogen (secondary N) is 2. The molecule has 1 aromatic heterocycles. The molecule has 3 fully saturated rings. The molecule has 1 saturated heterocycles. The Hall–Kier alpha value is -1.07. The molecule has 2 N–H and O–H groups in total. The van der Waals surface area contributed by atoms with Gasteiger partial charge in [0.15, 0.2) is 5.82 Å². The number of piperidine rings is 1. The van der Waals surface area contributed by atoms with E-state index >= 15 is 0 Å². The number of hydrogen-bond donors (Lipinski definition) is 2. The monoisotopic (exact) mass is 324 g/mol. The summed E-state index contributed by atoms with van der Waals surface area (Å²) in [5, 5.41) is 11.0. The van der Waals surface area contributed by atoms with Crippen LogP contribution in [0.2, 0.25) is 0 Å². The van der Waals surface area contributed by atoms with E-state index in [2.05, 4.69) is 28.7 Å². The molecule has 3 aliphatic rings. The van der Waals surface area contributed by atoms with Crippen LogP contribution in [0.5, 0.6) is 0 Å². The third kappa shape index (κ3) is 2.76. The maximum Gasteiger partial charge on any atom is 0.229 e. The standard InChI is InChI=1S/C16H24N4O.ClH/c1-2-20-13(11-3-4-11)9-14(19-20)18-15(21)12-10-16(12)5-7-17-8-6-16;/h9,11-12,17H,2-8,10H2,1H3,(H,18,19,21);1H. The van der Waals surface area contributed by atoms with Crippen LogP contribution in [0, 0.1) is 11.3 Å². The van der Waals surface area contributed by atoms with Gasteiger partial charge in [0.05, 0.1) is 0 Å². The molecule has 1 atom stereocenters. The third-order valence-corrected chi connectivity index (χ3v) is 5.46. The van der Waals surface area contributed by atoms with E-state index in [9.17, 15) is 4.79 Å². The highest BCUT2D eigenvalue weighted by Gasteiger charge is 2.57. The number of anilines is 1. The van der Waals surface area contributed by atoms with Crippen molar-refractivity contribution in [3.8, 4) is 0 Å². The quantitative estimate of drug-likeness (QED) is 0.894. The van der Waals surface area contributed by atoms with E-state index in [0.29, 0.717) is 11.3 Å². The number of rotatable bonds is 4. The normalized spacial score (nSPS) is 25.6. The smallest absolute Gasteiger partial charge is 0.229 e. The van der Waals surface area contributed by atoms with E-state index < -0.39 is 0 Å². The van der Waals surface area contributed by atoms with Gasteiger partial charge in [-0.15, -0.1) is 12.4 Å². The lowest BCUT2D eigenvalue weighted by atomic mass is 9.92. The minimum Gasteiger partial charge on any atom is -0.317 e. The van der Waals surface area contributed by atoms with Crippen LogP contribution >= 0.6 is 12.4 Å². The zero-order valence-corrected chi connectivity index (χ0v) is 13.9. The van der Waals surface area contributed by atoms with Crippen LogP contribution in [0.3, 0.4) is 0 Å². The molecule has 1 spiro atoms. The SMILES string of the molecule is CCn1nc(NC(=O)C2CC23CCNCC3)cc1C1CC1.Cl. The fourth-order valence-electron chi connectivity index (χ4n) is 3.86. The summed E-state index contributed by atoms with van der Waals surface area (Å²) in [7, 11) is 0. The summed E-state index contributed by atoms with van der Waals surface area (Å²) in [4.78, 5) is 12.5. The molecule has 0 radical (unpaired) electrons. The fraction of sp³-hybridized carbons (Fsp3) is 0.750. The second-order valence-corrected chi connectivity index (χ2v) is 6.90. The number of aromatic nitrogens is 2. The van der Waals surface area contributed by atoms with Crippen molar-refractivity contribution in [1.29, 1.82) is 0 Å². The first-order chi connectivity index (χ1) is 10.2. The van der Waals surface area contributed by atoms with Crippen molar-refractivity contribution in [2.75, 3.05) is 18.4 Å². The van der Waals surface area contributed by atoms with Gasteiger partial charge in [-0.25, -0.2) is 0 Å². The molecule has 0 bridgehead atoms. The molecule has 6 heteroatoms. The van der Waals surface area contributed by atoms with Gasteiger partial charge in [0, 0.05) is 30.1 Å². The van der Waals surface area contributed by atoms with Crippen molar-refractivity contribution in [3.63, 3.8) is 0 Å². The lowest BCUT2D eigenvalue weighted by Crippen LogP contribution is -2.31. The highest BCUT2D eigenvalue weighted by Crippen LogP contribution is 2.58. The third-order valence-electron chi connectivity index (χ3n) is 5.46. The van der Waals surface area contributed by atoms with Crippen LogP contribution in [0.1, 0.15) is 50.6 Å². The predicted octanol–water partition coefficient (Wildman–Crippen LogP) is 2.53. The topological polar surface area (TPSA) is 59.0 Å². The van der Waals surface area contributed by atoms with Crippen molar-refractivity contribution in [2.45, 2.75) is 51.5 Å². The van der Waals surface area contributed by atoms with Gasteiger partial charge in [0.25, 0.3) is 0 Å². The molecule has 22 heavy (non-hydrogen) atoms. The van der Waals surface area contributed by atoms with Gasteiger partial charge in [-0.3, -0.25) is 9.48 Å². The Bertz CT molecular complexity index is 560. The van der Waals surface area contributed by atoms with Crippen LogP contribution < -0.4 is 10.6 Å². The summed E-state index contributed by atoms with van der Waals surface area (Å²) < 4.78 is 2.04. The molecular weight excluding hydrogens is 300 g/mol. The van der Waals surface area contributed by atoms with Crippen LogP contribution in [0.25, 0.3) is 0 Å². The van der Waals surface area contributed by atoms with Crippen molar-refractivity contribution in [1.82, 2.24) is 15.1 Å². The van der Waals surface area contributed by atoms with Gasteiger partial charge in [-0.05, 0) is 57.5 Å². The molecule has 2 heterocycles. The maximum absolute atomic E-state index is 12.5. The van der Waals surface area contributed by atoms with Crippen molar-refractivity contribution >= 4 is 24.1 Å². The summed E-state index contributed by atoms with van der Waals surface area (Å²) in [5.74, 6) is 1.80. The second kappa shape index (κ2) is 5.85. The minimum atomic E-state index is 0. The molecule has 2 saturated carbocycles. The maximum atomic E-state index is 12.5. The Morgan fingerprint density at radius 3 is 2.82 bits per heavy atom. The summed E-state index contributed by atoms with van der Waals surface area (Å²) in [6.45, 7) is 5.09. The first-order valence-corrected chi connectivity index (χ1v) is 8.31. The van der Waals surface area contributed by atoms with Gasteiger partial charge >= 0.3 is 0 Å². The molecular formula is C16H25ClN4O. The summed E-state index contributed by atoms with van der Waals surface area (Å²) in [6, 6.07) is 2.08. The minimum absolute atomic E-state index is 0. The molecule has 1 aromatic rings. The van der Waals surface area contributed by atoms with Gasteiger partial charge < -0.3 is 10.6 Å². The number of carbonyl (C=O) groups is 1. The van der Waals surface area contributed by atoms with Gasteiger partial charge in [-0.1, -0.05) is 0 Å². The van der Waals surface area contributed by atoms with E-state index in [0.717, 1.165) is 44.7 Å². The van der Waals surface area contributed by atoms with Crippen molar-refractivity contribution in [2.24, 2.45) is 11.3 Å². The van der Waals surface area contributed by atoms with Gasteiger partial charge in [0.2, 0.25) is 5.91 Å². The molecule has 1 unspecified atom stereocenters. The van der Waals surface area contributed by atoms with E-state index in [-0.39, 0.29) is 24.2 Å². The Morgan fingerprint density at radius 2 is 2.18 bits per heavy atom. The molecule has 1 aliphatic heterocycles. The number of halogens is 1. The van der Waals surface area contributed by atoms with E-state index in [1.807, 2.05) is 4.68 Å².